The van der Waals surface area contributed by atoms with Crippen molar-refractivity contribution in [1.29, 1.82) is 5.26 Å². The summed E-state index contributed by atoms with van der Waals surface area (Å²) in [6.07, 6.45) is 2.23. The molecule has 1 unspecified atom stereocenters. The van der Waals surface area contributed by atoms with Crippen molar-refractivity contribution < 1.29 is 9.59 Å². The van der Waals surface area contributed by atoms with E-state index in [4.69, 9.17) is 0 Å². The smallest absolute Gasteiger partial charge is 0.252 e. The first-order valence-electron chi connectivity index (χ1n) is 10.3. The van der Waals surface area contributed by atoms with Crippen LogP contribution in [-0.2, 0) is 4.79 Å². The van der Waals surface area contributed by atoms with Crippen molar-refractivity contribution in [2.75, 3.05) is 13.1 Å². The van der Waals surface area contributed by atoms with Crippen LogP contribution in [0.4, 0.5) is 0 Å². The van der Waals surface area contributed by atoms with Gasteiger partial charge in [-0.3, -0.25) is 14.6 Å². The van der Waals surface area contributed by atoms with Gasteiger partial charge in [0.25, 0.3) is 5.91 Å². The average molecular weight is 412 g/mol. The molecule has 0 aliphatic carbocycles. The average Bonchev–Trinajstić information content (AvgIpc) is 3.11. The molecule has 6 nitrogen and oxygen atoms in total. The molecule has 0 radical (unpaired) electrons. The lowest BCUT2D eigenvalue weighted by atomic mass is 9.91. The number of likely N-dealkylation sites (tertiary alicyclic amines) is 1. The second-order valence-electron chi connectivity index (χ2n) is 8.67. The molecule has 1 aliphatic heterocycles. The van der Waals surface area contributed by atoms with Gasteiger partial charge < -0.3 is 10.2 Å². The number of pyridine rings is 1. The van der Waals surface area contributed by atoms with Gasteiger partial charge in [0.15, 0.2) is 0 Å². The Hall–Kier alpha value is -3.72. The maximum Gasteiger partial charge on any atom is 0.252 e. The van der Waals surface area contributed by atoms with Crippen molar-refractivity contribution in [1.82, 2.24) is 15.2 Å². The standard InChI is InChI=1S/C25H24N4O2/c1-25(2)13-19(14-26)29(16-25)23(30)15-28-24(31)20-10-11-27-22-9-8-18(12-21(20)22)17-6-4-3-5-7-17/h3-12,19H,13,15-16H2,1-2H3,(H,28,31). The number of hydrogen-bond donors (Lipinski definition) is 1. The van der Waals surface area contributed by atoms with Crippen LogP contribution in [0.15, 0.2) is 60.8 Å². The number of nitrogens with one attached hydrogen (secondary N) is 1. The van der Waals surface area contributed by atoms with Crippen LogP contribution >= 0.6 is 0 Å². The lowest BCUT2D eigenvalue weighted by Crippen LogP contribution is -2.42. The van der Waals surface area contributed by atoms with Crippen LogP contribution in [0.1, 0.15) is 30.6 Å². The molecule has 1 fully saturated rings. The summed E-state index contributed by atoms with van der Waals surface area (Å²) >= 11 is 0. The maximum absolute atomic E-state index is 12.9. The number of benzene rings is 2. The summed E-state index contributed by atoms with van der Waals surface area (Å²) in [5, 5.41) is 12.8. The number of nitriles is 1. The van der Waals surface area contributed by atoms with E-state index in [1.54, 1.807) is 17.2 Å². The molecular weight excluding hydrogens is 388 g/mol. The number of amides is 2. The topological polar surface area (TPSA) is 86.1 Å². The SMILES string of the molecule is CC1(C)CC(C#N)N(C(=O)CNC(=O)c2ccnc3ccc(-c4ccccc4)cc23)C1. The van der Waals surface area contributed by atoms with Crippen molar-refractivity contribution in [3.8, 4) is 17.2 Å². The van der Waals surface area contributed by atoms with E-state index >= 15 is 0 Å². The Bertz CT molecular complexity index is 1180. The minimum absolute atomic E-state index is 0.102. The Morgan fingerprint density at radius 1 is 1.16 bits per heavy atom. The van der Waals surface area contributed by atoms with E-state index < -0.39 is 6.04 Å². The van der Waals surface area contributed by atoms with Crippen molar-refractivity contribution in [2.45, 2.75) is 26.3 Å². The molecule has 1 aromatic heterocycles. The summed E-state index contributed by atoms with van der Waals surface area (Å²) in [5.74, 6) is -0.577. The van der Waals surface area contributed by atoms with Gasteiger partial charge in [-0.15, -0.1) is 0 Å². The van der Waals surface area contributed by atoms with Gasteiger partial charge in [0.05, 0.1) is 23.7 Å². The summed E-state index contributed by atoms with van der Waals surface area (Å²) in [7, 11) is 0. The highest BCUT2D eigenvalue weighted by molar-refractivity contribution is 6.07. The summed E-state index contributed by atoms with van der Waals surface area (Å²) in [5.41, 5.74) is 3.12. The fourth-order valence-electron chi connectivity index (χ4n) is 4.15. The molecule has 1 saturated heterocycles. The van der Waals surface area contributed by atoms with Crippen LogP contribution in [0.5, 0.6) is 0 Å². The van der Waals surface area contributed by atoms with Crippen molar-refractivity contribution >= 4 is 22.7 Å². The van der Waals surface area contributed by atoms with E-state index in [1.165, 1.54) is 0 Å². The molecule has 2 aromatic carbocycles. The Kier molecular flexibility index (Phi) is 5.43. The largest absolute Gasteiger partial charge is 0.343 e. The summed E-state index contributed by atoms with van der Waals surface area (Å²) in [6, 6.07) is 19.2. The molecule has 4 rings (SSSR count). The quantitative estimate of drug-likeness (QED) is 0.707. The molecule has 2 amide bonds. The van der Waals surface area contributed by atoms with Crippen LogP contribution in [0.3, 0.4) is 0 Å². The van der Waals surface area contributed by atoms with Crippen molar-refractivity contribution in [3.05, 3.63) is 66.4 Å². The molecule has 1 N–H and O–H groups in total. The third-order valence-corrected chi connectivity index (χ3v) is 5.68. The van der Waals surface area contributed by atoms with E-state index in [2.05, 4.69) is 16.4 Å². The highest BCUT2D eigenvalue weighted by Crippen LogP contribution is 2.33. The predicted octanol–water partition coefficient (Wildman–Crippen LogP) is 3.78. The second kappa shape index (κ2) is 8.19. The van der Waals surface area contributed by atoms with E-state index in [1.807, 2.05) is 62.4 Å². The molecule has 156 valence electrons. The third kappa shape index (κ3) is 4.26. The number of carbonyl (C=O) groups excluding carboxylic acids is 2. The Labute approximate surface area is 181 Å². The van der Waals surface area contributed by atoms with Gasteiger partial charge >= 0.3 is 0 Å². The second-order valence-corrected chi connectivity index (χ2v) is 8.67. The lowest BCUT2D eigenvalue weighted by molar-refractivity contribution is -0.130. The monoisotopic (exact) mass is 412 g/mol. The van der Waals surface area contributed by atoms with Gasteiger partial charge in [-0.2, -0.15) is 5.26 Å². The maximum atomic E-state index is 12.9. The van der Waals surface area contributed by atoms with E-state index in [9.17, 15) is 14.9 Å². The van der Waals surface area contributed by atoms with Crippen LogP contribution in [0, 0.1) is 16.7 Å². The van der Waals surface area contributed by atoms with Crippen molar-refractivity contribution in [3.63, 3.8) is 0 Å². The minimum atomic E-state index is -0.449. The van der Waals surface area contributed by atoms with Crippen LogP contribution in [-0.4, -0.2) is 40.8 Å². The molecule has 0 bridgehead atoms. The van der Waals surface area contributed by atoms with Gasteiger partial charge in [0, 0.05) is 18.1 Å². The van der Waals surface area contributed by atoms with E-state index in [0.717, 1.165) is 16.5 Å². The Morgan fingerprint density at radius 3 is 2.68 bits per heavy atom. The Morgan fingerprint density at radius 2 is 1.94 bits per heavy atom. The molecule has 1 atom stereocenters. The Balaban J connectivity index is 1.54. The highest BCUT2D eigenvalue weighted by Gasteiger charge is 2.39. The number of rotatable bonds is 4. The van der Waals surface area contributed by atoms with Gasteiger partial charge in [-0.05, 0) is 41.2 Å². The number of nitrogens with zero attached hydrogens (tertiary/aromatic N) is 3. The molecule has 0 saturated carbocycles. The summed E-state index contributed by atoms with van der Waals surface area (Å²) in [6.45, 7) is 4.45. The lowest BCUT2D eigenvalue weighted by Gasteiger charge is -2.21. The molecule has 0 spiro atoms. The van der Waals surface area contributed by atoms with Gasteiger partial charge in [0.2, 0.25) is 5.91 Å². The molecule has 1 aliphatic rings. The first-order chi connectivity index (χ1) is 14.9. The fraction of sp³-hybridized carbons (Fsp3) is 0.280. The zero-order chi connectivity index (χ0) is 22.0. The van der Waals surface area contributed by atoms with Crippen molar-refractivity contribution in [2.24, 2.45) is 5.41 Å². The highest BCUT2D eigenvalue weighted by atomic mass is 16.2. The summed E-state index contributed by atoms with van der Waals surface area (Å²) < 4.78 is 0. The molecule has 2 heterocycles. The first-order valence-corrected chi connectivity index (χ1v) is 10.3. The predicted molar refractivity (Wildman–Crippen MR) is 119 cm³/mol. The first kappa shape index (κ1) is 20.5. The van der Waals surface area contributed by atoms with E-state index in [0.29, 0.717) is 24.0 Å². The molecule has 6 heteroatoms. The van der Waals surface area contributed by atoms with Gasteiger partial charge in [0.1, 0.15) is 6.04 Å². The van der Waals surface area contributed by atoms with Crippen LogP contribution < -0.4 is 5.32 Å². The fourth-order valence-corrected chi connectivity index (χ4v) is 4.15. The number of hydrogen-bond acceptors (Lipinski definition) is 4. The number of carbonyl (C=O) groups is 2. The zero-order valence-corrected chi connectivity index (χ0v) is 17.6. The third-order valence-electron chi connectivity index (χ3n) is 5.68. The van der Waals surface area contributed by atoms with Gasteiger partial charge in [-0.1, -0.05) is 50.2 Å². The van der Waals surface area contributed by atoms with Crippen LogP contribution in [0.25, 0.3) is 22.0 Å². The van der Waals surface area contributed by atoms with Gasteiger partial charge in [-0.25, -0.2) is 0 Å². The number of fused-ring (bicyclic) bond motifs is 1. The van der Waals surface area contributed by atoms with Crippen LogP contribution in [0.2, 0.25) is 0 Å². The zero-order valence-electron chi connectivity index (χ0n) is 17.6. The normalized spacial score (nSPS) is 17.3. The molecule has 3 aromatic rings. The molecular formula is C25H24N4O2. The number of aromatic nitrogens is 1. The molecule has 31 heavy (non-hydrogen) atoms. The van der Waals surface area contributed by atoms with E-state index in [-0.39, 0.29) is 23.8 Å². The summed E-state index contributed by atoms with van der Waals surface area (Å²) in [4.78, 5) is 31.5. The minimum Gasteiger partial charge on any atom is -0.343 e.